The predicted molar refractivity (Wildman–Crippen MR) is 117 cm³/mol. The van der Waals surface area contributed by atoms with Crippen LogP contribution in [0.1, 0.15) is 30.4 Å². The molecule has 2 amide bonds. The largest absolute Gasteiger partial charge is 0.481 e. The first kappa shape index (κ1) is 20.5. The molecule has 0 aromatic heterocycles. The average Bonchev–Trinajstić information content (AvgIpc) is 3.16. The Labute approximate surface area is 186 Å². The number of ether oxygens (including phenoxy) is 1. The van der Waals surface area contributed by atoms with Crippen LogP contribution >= 0.6 is 0 Å². The van der Waals surface area contributed by atoms with Crippen LogP contribution in [0.15, 0.2) is 48.5 Å². The second-order valence-electron chi connectivity index (χ2n) is 8.87. The summed E-state index contributed by atoms with van der Waals surface area (Å²) in [4.78, 5) is 38.2. The molecule has 2 N–H and O–H groups in total. The van der Waals surface area contributed by atoms with Gasteiger partial charge in [0.05, 0.1) is 5.92 Å². The molecule has 7 nitrogen and oxygen atoms in total. The molecule has 3 atom stereocenters. The van der Waals surface area contributed by atoms with Gasteiger partial charge < -0.3 is 20.1 Å². The Kier molecular flexibility index (Phi) is 5.12. The number of amides is 2. The van der Waals surface area contributed by atoms with E-state index in [4.69, 9.17) is 9.84 Å². The topological polar surface area (TPSA) is 95.9 Å². The summed E-state index contributed by atoms with van der Waals surface area (Å²) in [5, 5.41) is 11.9. The molecule has 5 rings (SSSR count). The first-order chi connectivity index (χ1) is 15.5. The Hall–Kier alpha value is -3.35. The van der Waals surface area contributed by atoms with Crippen LogP contribution in [0.2, 0.25) is 0 Å². The number of carbonyl (C=O) groups excluding carboxylic acids is 2. The number of nitrogens with zero attached hydrogens (tertiary/aromatic N) is 1. The predicted octanol–water partition coefficient (Wildman–Crippen LogP) is 3.09. The van der Waals surface area contributed by atoms with Gasteiger partial charge in [0, 0.05) is 19.0 Å². The highest BCUT2D eigenvalue weighted by Gasteiger charge is 2.60. The van der Waals surface area contributed by atoms with Gasteiger partial charge in [0.25, 0.3) is 0 Å². The smallest absolute Gasteiger partial charge is 0.407 e. The molecule has 0 bridgehead atoms. The van der Waals surface area contributed by atoms with E-state index in [1.807, 2.05) is 31.2 Å². The summed E-state index contributed by atoms with van der Waals surface area (Å²) in [5.41, 5.74) is 4.58. The fourth-order valence-electron chi connectivity index (χ4n) is 5.41. The van der Waals surface area contributed by atoms with Gasteiger partial charge >= 0.3 is 12.1 Å². The number of aliphatic carboxylic acids is 1. The molecule has 1 aliphatic heterocycles. The lowest BCUT2D eigenvalue weighted by atomic mass is 9.98. The van der Waals surface area contributed by atoms with Crippen LogP contribution < -0.4 is 5.32 Å². The van der Waals surface area contributed by atoms with Crippen molar-refractivity contribution in [3.8, 4) is 11.1 Å². The number of benzene rings is 2. The molecule has 0 radical (unpaired) electrons. The zero-order chi connectivity index (χ0) is 22.4. The van der Waals surface area contributed by atoms with Crippen molar-refractivity contribution < 1.29 is 24.2 Å². The number of rotatable bonds is 6. The number of hydrogen-bond acceptors (Lipinski definition) is 4. The van der Waals surface area contributed by atoms with Crippen molar-refractivity contribution in [2.45, 2.75) is 25.3 Å². The molecule has 2 aliphatic carbocycles. The van der Waals surface area contributed by atoms with E-state index >= 15 is 0 Å². The zero-order valence-electron chi connectivity index (χ0n) is 17.9. The maximum Gasteiger partial charge on any atom is 0.407 e. The zero-order valence-corrected chi connectivity index (χ0v) is 17.9. The SMILES string of the molecule is CC[C@@H](NC(=O)OCC1c2ccccc2-c2ccccc21)C(=O)N1CC2C(C1)C2C(=O)O. The van der Waals surface area contributed by atoms with Crippen molar-refractivity contribution >= 4 is 18.0 Å². The first-order valence-electron chi connectivity index (χ1n) is 11.1. The summed E-state index contributed by atoms with van der Waals surface area (Å²) < 4.78 is 5.56. The van der Waals surface area contributed by atoms with Gasteiger partial charge in [-0.2, -0.15) is 0 Å². The number of carboxylic acid groups (broad SMARTS) is 1. The number of alkyl carbamates (subject to hydrolysis) is 1. The Morgan fingerprint density at radius 3 is 2.12 bits per heavy atom. The first-order valence-corrected chi connectivity index (χ1v) is 11.1. The van der Waals surface area contributed by atoms with Gasteiger partial charge in [-0.1, -0.05) is 55.5 Å². The van der Waals surface area contributed by atoms with Crippen LogP contribution in [0.25, 0.3) is 11.1 Å². The van der Waals surface area contributed by atoms with Crippen molar-refractivity contribution in [1.82, 2.24) is 10.2 Å². The highest BCUT2D eigenvalue weighted by atomic mass is 16.5. The number of hydrogen-bond donors (Lipinski definition) is 2. The van der Waals surface area contributed by atoms with E-state index in [1.165, 1.54) is 0 Å². The molecule has 3 aliphatic rings. The highest BCUT2D eigenvalue weighted by molar-refractivity contribution is 5.87. The third-order valence-electron chi connectivity index (χ3n) is 7.13. The number of nitrogens with one attached hydrogen (secondary N) is 1. The molecule has 7 heteroatoms. The molecule has 2 fully saturated rings. The molecule has 2 unspecified atom stereocenters. The minimum atomic E-state index is -0.782. The number of carbonyl (C=O) groups is 3. The van der Waals surface area contributed by atoms with E-state index in [9.17, 15) is 14.4 Å². The van der Waals surface area contributed by atoms with Crippen LogP contribution in [0.3, 0.4) is 0 Å². The van der Waals surface area contributed by atoms with Crippen LogP contribution in [-0.2, 0) is 14.3 Å². The second kappa shape index (κ2) is 7.97. The fourth-order valence-corrected chi connectivity index (χ4v) is 5.41. The number of fused-ring (bicyclic) bond motifs is 4. The molecule has 166 valence electrons. The molecular weight excluding hydrogens is 408 g/mol. The van der Waals surface area contributed by atoms with Gasteiger partial charge in [-0.3, -0.25) is 9.59 Å². The van der Waals surface area contributed by atoms with E-state index in [-0.39, 0.29) is 36.2 Å². The summed E-state index contributed by atoms with van der Waals surface area (Å²) in [6.07, 6.45) is -0.170. The third kappa shape index (κ3) is 3.42. The van der Waals surface area contributed by atoms with Crippen molar-refractivity contribution in [1.29, 1.82) is 0 Å². The highest BCUT2D eigenvalue weighted by Crippen LogP contribution is 2.51. The summed E-state index contributed by atoms with van der Waals surface area (Å²) in [6, 6.07) is 15.6. The lowest BCUT2D eigenvalue weighted by Gasteiger charge is -2.25. The van der Waals surface area contributed by atoms with Gasteiger partial charge in [0.15, 0.2) is 0 Å². The van der Waals surface area contributed by atoms with Gasteiger partial charge in [0.1, 0.15) is 12.6 Å². The molecule has 1 saturated carbocycles. The van der Waals surface area contributed by atoms with Gasteiger partial charge in [-0.25, -0.2) is 4.79 Å². The van der Waals surface area contributed by atoms with Crippen molar-refractivity contribution in [2.24, 2.45) is 17.8 Å². The van der Waals surface area contributed by atoms with Gasteiger partial charge in [-0.05, 0) is 40.5 Å². The van der Waals surface area contributed by atoms with Crippen molar-refractivity contribution in [3.05, 3.63) is 59.7 Å². The summed E-state index contributed by atoms with van der Waals surface area (Å²) in [7, 11) is 0. The fraction of sp³-hybridized carbons (Fsp3) is 0.400. The van der Waals surface area contributed by atoms with E-state index < -0.39 is 18.1 Å². The molecule has 1 heterocycles. The van der Waals surface area contributed by atoms with Gasteiger partial charge in [0.2, 0.25) is 5.91 Å². The summed E-state index contributed by atoms with van der Waals surface area (Å²) in [5.74, 6) is -1.23. The molecule has 1 saturated heterocycles. The van der Waals surface area contributed by atoms with Crippen LogP contribution in [0.5, 0.6) is 0 Å². The second-order valence-corrected chi connectivity index (χ2v) is 8.87. The average molecular weight is 434 g/mol. The Morgan fingerprint density at radius 1 is 1.03 bits per heavy atom. The molecule has 32 heavy (non-hydrogen) atoms. The van der Waals surface area contributed by atoms with E-state index in [2.05, 4.69) is 29.6 Å². The normalized spacial score (nSPS) is 23.7. The Morgan fingerprint density at radius 2 is 1.59 bits per heavy atom. The number of carboxylic acids is 1. The Bertz CT molecular complexity index is 1030. The molecule has 0 spiro atoms. The lowest BCUT2D eigenvalue weighted by molar-refractivity contribution is -0.141. The van der Waals surface area contributed by atoms with Crippen LogP contribution in [0.4, 0.5) is 4.79 Å². The van der Waals surface area contributed by atoms with E-state index in [0.29, 0.717) is 19.5 Å². The summed E-state index contributed by atoms with van der Waals surface area (Å²) >= 11 is 0. The monoisotopic (exact) mass is 434 g/mol. The summed E-state index contributed by atoms with van der Waals surface area (Å²) in [6.45, 7) is 2.93. The number of piperidine rings is 1. The van der Waals surface area contributed by atoms with Crippen LogP contribution in [0, 0.1) is 17.8 Å². The van der Waals surface area contributed by atoms with Crippen molar-refractivity contribution in [2.75, 3.05) is 19.7 Å². The molecule has 2 aromatic rings. The molecule has 2 aromatic carbocycles. The van der Waals surface area contributed by atoms with E-state index in [1.54, 1.807) is 4.90 Å². The molecular formula is C25H26N2O5. The maximum absolute atomic E-state index is 12.9. The third-order valence-corrected chi connectivity index (χ3v) is 7.13. The standard InChI is InChI=1S/C25H26N2O5/c1-2-21(23(28)27-11-18-19(12-27)22(18)24(29)30)26-25(31)32-13-20-16-9-5-3-7-14(16)15-8-4-6-10-17(15)20/h3-10,18-22H,2,11-13H2,1H3,(H,26,31)(H,29,30)/t18?,19?,21-,22?/m1/s1. The lowest BCUT2D eigenvalue weighted by Crippen LogP contribution is -2.48. The quantitative estimate of drug-likeness (QED) is 0.728. The number of likely N-dealkylation sites (tertiary alicyclic amines) is 1. The van der Waals surface area contributed by atoms with E-state index in [0.717, 1.165) is 22.3 Å². The maximum atomic E-state index is 12.9. The minimum absolute atomic E-state index is 0.0393. The minimum Gasteiger partial charge on any atom is -0.481 e. The van der Waals surface area contributed by atoms with Gasteiger partial charge in [-0.15, -0.1) is 0 Å². The Balaban J connectivity index is 1.19. The van der Waals surface area contributed by atoms with Crippen LogP contribution in [-0.4, -0.2) is 53.7 Å². The van der Waals surface area contributed by atoms with Crippen molar-refractivity contribution in [3.63, 3.8) is 0 Å².